The van der Waals surface area contributed by atoms with Crippen molar-refractivity contribution in [3.05, 3.63) is 65.7 Å². The molecule has 8 nitrogen and oxygen atoms in total. The number of hydrogen-bond acceptors (Lipinski definition) is 5. The molecule has 2 aromatic rings. The normalized spacial score (nSPS) is 19.0. The highest BCUT2D eigenvalue weighted by molar-refractivity contribution is 6.04. The van der Waals surface area contributed by atoms with Crippen molar-refractivity contribution >= 4 is 17.8 Å². The summed E-state index contributed by atoms with van der Waals surface area (Å²) in [6.45, 7) is 4.10. The molecule has 0 aromatic heterocycles. The summed E-state index contributed by atoms with van der Waals surface area (Å²) in [5.41, 5.74) is 2.11. The number of methoxy groups -OCH3 is 1. The minimum atomic E-state index is -0.654. The Labute approximate surface area is 194 Å². The van der Waals surface area contributed by atoms with Crippen LogP contribution in [0.2, 0.25) is 0 Å². The minimum Gasteiger partial charge on any atom is -0.497 e. The van der Waals surface area contributed by atoms with Crippen molar-refractivity contribution in [3.8, 4) is 5.75 Å². The SMILES string of the molecule is COc1ccc(CN2C(=O)N[C@H](CCC(=O)N3CCN(Cc4ccccc4)CC3)C2=O)cc1. The zero-order valence-corrected chi connectivity index (χ0v) is 18.9. The smallest absolute Gasteiger partial charge is 0.325 e. The molecule has 4 rings (SSSR count). The van der Waals surface area contributed by atoms with E-state index in [1.165, 1.54) is 10.5 Å². The van der Waals surface area contributed by atoms with E-state index in [1.54, 1.807) is 19.2 Å². The molecule has 0 saturated carbocycles. The second kappa shape index (κ2) is 10.5. The van der Waals surface area contributed by atoms with Gasteiger partial charge in [0.05, 0.1) is 13.7 Å². The number of hydrogen-bond donors (Lipinski definition) is 1. The molecule has 0 unspecified atom stereocenters. The Morgan fingerprint density at radius 2 is 1.61 bits per heavy atom. The van der Waals surface area contributed by atoms with E-state index >= 15 is 0 Å². The Hall–Kier alpha value is -3.39. The van der Waals surface area contributed by atoms with E-state index in [0.29, 0.717) is 25.3 Å². The van der Waals surface area contributed by atoms with E-state index in [2.05, 4.69) is 22.3 Å². The van der Waals surface area contributed by atoms with Crippen LogP contribution in [0.15, 0.2) is 54.6 Å². The highest BCUT2D eigenvalue weighted by Gasteiger charge is 2.38. The number of benzene rings is 2. The van der Waals surface area contributed by atoms with Gasteiger partial charge in [-0.15, -0.1) is 0 Å². The molecular formula is C25H30N4O4. The van der Waals surface area contributed by atoms with Crippen LogP contribution in [0.5, 0.6) is 5.75 Å². The number of nitrogens with one attached hydrogen (secondary N) is 1. The molecule has 2 fully saturated rings. The van der Waals surface area contributed by atoms with Gasteiger partial charge in [0.25, 0.3) is 5.91 Å². The predicted molar refractivity (Wildman–Crippen MR) is 123 cm³/mol. The Balaban J connectivity index is 1.22. The lowest BCUT2D eigenvalue weighted by Crippen LogP contribution is -2.48. The van der Waals surface area contributed by atoms with Gasteiger partial charge < -0.3 is 15.0 Å². The van der Waals surface area contributed by atoms with Gasteiger partial charge in [-0.3, -0.25) is 19.4 Å². The van der Waals surface area contributed by atoms with Crippen molar-refractivity contribution in [2.24, 2.45) is 0 Å². The van der Waals surface area contributed by atoms with Gasteiger partial charge in [0.1, 0.15) is 11.8 Å². The number of rotatable bonds is 8. The monoisotopic (exact) mass is 450 g/mol. The Morgan fingerprint density at radius 1 is 0.939 bits per heavy atom. The first-order valence-electron chi connectivity index (χ1n) is 11.3. The summed E-state index contributed by atoms with van der Waals surface area (Å²) in [5.74, 6) is 0.467. The second-order valence-corrected chi connectivity index (χ2v) is 8.46. The van der Waals surface area contributed by atoms with Crippen LogP contribution in [-0.4, -0.2) is 71.9 Å². The van der Waals surface area contributed by atoms with Crippen LogP contribution in [0.3, 0.4) is 0 Å². The summed E-state index contributed by atoms with van der Waals surface area (Å²) in [6, 6.07) is 16.5. The topological polar surface area (TPSA) is 82.2 Å². The van der Waals surface area contributed by atoms with Crippen LogP contribution < -0.4 is 10.1 Å². The summed E-state index contributed by atoms with van der Waals surface area (Å²) in [5, 5.41) is 2.72. The zero-order valence-electron chi connectivity index (χ0n) is 18.9. The third-order valence-electron chi connectivity index (χ3n) is 6.23. The summed E-state index contributed by atoms with van der Waals surface area (Å²) in [4.78, 5) is 43.2. The number of carbonyl (C=O) groups is 3. The average molecular weight is 451 g/mol. The molecule has 0 aliphatic carbocycles. The lowest BCUT2D eigenvalue weighted by atomic mass is 10.1. The molecule has 2 heterocycles. The zero-order chi connectivity index (χ0) is 23.2. The van der Waals surface area contributed by atoms with Crippen LogP contribution in [0.25, 0.3) is 0 Å². The third kappa shape index (κ3) is 5.70. The molecule has 0 bridgehead atoms. The highest BCUT2D eigenvalue weighted by atomic mass is 16.5. The molecule has 2 aliphatic rings. The van der Waals surface area contributed by atoms with Crippen LogP contribution in [0, 0.1) is 0 Å². The van der Waals surface area contributed by atoms with Gasteiger partial charge in [0, 0.05) is 39.1 Å². The fourth-order valence-electron chi connectivity index (χ4n) is 4.26. The number of piperazine rings is 1. The number of nitrogens with zero attached hydrogens (tertiary/aromatic N) is 3. The van der Waals surface area contributed by atoms with Crippen molar-refractivity contribution in [3.63, 3.8) is 0 Å². The molecule has 2 aromatic carbocycles. The summed E-state index contributed by atoms with van der Waals surface area (Å²) < 4.78 is 5.14. The Bertz CT molecular complexity index is 972. The molecule has 2 aliphatic heterocycles. The van der Waals surface area contributed by atoms with Crippen molar-refractivity contribution in [1.29, 1.82) is 0 Å². The van der Waals surface area contributed by atoms with Gasteiger partial charge in [0.2, 0.25) is 5.91 Å². The number of carbonyl (C=O) groups excluding carboxylic acids is 3. The van der Waals surface area contributed by atoms with Crippen molar-refractivity contribution in [2.45, 2.75) is 32.0 Å². The largest absolute Gasteiger partial charge is 0.497 e. The maximum absolute atomic E-state index is 12.7. The number of imide groups is 1. The molecule has 1 N–H and O–H groups in total. The number of amides is 4. The first-order valence-corrected chi connectivity index (χ1v) is 11.3. The van der Waals surface area contributed by atoms with Gasteiger partial charge in [-0.1, -0.05) is 42.5 Å². The van der Waals surface area contributed by atoms with E-state index in [1.807, 2.05) is 35.2 Å². The first-order chi connectivity index (χ1) is 16.0. The fraction of sp³-hybridized carbons (Fsp3) is 0.400. The maximum Gasteiger partial charge on any atom is 0.325 e. The van der Waals surface area contributed by atoms with Crippen molar-refractivity contribution < 1.29 is 19.1 Å². The van der Waals surface area contributed by atoms with Gasteiger partial charge in [0.15, 0.2) is 0 Å². The van der Waals surface area contributed by atoms with Crippen LogP contribution in [-0.2, 0) is 22.7 Å². The van der Waals surface area contributed by atoms with E-state index < -0.39 is 12.1 Å². The van der Waals surface area contributed by atoms with E-state index in [4.69, 9.17) is 4.74 Å². The number of ether oxygens (including phenoxy) is 1. The molecule has 1 atom stereocenters. The minimum absolute atomic E-state index is 0.0324. The number of urea groups is 1. The standard InChI is InChI=1S/C25H30N4O4/c1-33-21-9-7-20(8-10-21)18-29-24(31)22(26-25(29)32)11-12-23(30)28-15-13-27(14-16-28)17-19-5-3-2-4-6-19/h2-10,22H,11-18H2,1H3,(H,26,32)/t22-/m1/s1. The van der Waals surface area contributed by atoms with E-state index in [-0.39, 0.29) is 24.8 Å². The van der Waals surface area contributed by atoms with Gasteiger partial charge in [-0.2, -0.15) is 0 Å². The lowest BCUT2D eigenvalue weighted by molar-refractivity contribution is -0.133. The van der Waals surface area contributed by atoms with E-state index in [9.17, 15) is 14.4 Å². The second-order valence-electron chi connectivity index (χ2n) is 8.46. The highest BCUT2D eigenvalue weighted by Crippen LogP contribution is 2.18. The average Bonchev–Trinajstić information content (AvgIpc) is 3.11. The quantitative estimate of drug-likeness (QED) is 0.624. The molecule has 2 saturated heterocycles. The van der Waals surface area contributed by atoms with Crippen molar-refractivity contribution in [1.82, 2.24) is 20.0 Å². The molecule has 33 heavy (non-hydrogen) atoms. The molecule has 4 amide bonds. The van der Waals surface area contributed by atoms with Crippen LogP contribution in [0.4, 0.5) is 4.79 Å². The molecule has 174 valence electrons. The fourth-order valence-corrected chi connectivity index (χ4v) is 4.26. The van der Waals surface area contributed by atoms with Crippen LogP contribution >= 0.6 is 0 Å². The van der Waals surface area contributed by atoms with Crippen molar-refractivity contribution in [2.75, 3.05) is 33.3 Å². The third-order valence-corrected chi connectivity index (χ3v) is 6.23. The van der Waals surface area contributed by atoms with Gasteiger partial charge in [-0.05, 0) is 29.7 Å². The molecule has 8 heteroatoms. The molecular weight excluding hydrogens is 420 g/mol. The summed E-state index contributed by atoms with van der Waals surface area (Å²) in [6.07, 6.45) is 0.554. The summed E-state index contributed by atoms with van der Waals surface area (Å²) >= 11 is 0. The Morgan fingerprint density at radius 3 is 2.27 bits per heavy atom. The first kappa shape index (κ1) is 22.8. The van der Waals surface area contributed by atoms with E-state index in [0.717, 1.165) is 25.2 Å². The summed E-state index contributed by atoms with van der Waals surface area (Å²) in [7, 11) is 1.59. The lowest BCUT2D eigenvalue weighted by Gasteiger charge is -2.35. The molecule has 0 spiro atoms. The maximum atomic E-state index is 12.7. The molecule has 0 radical (unpaired) electrons. The predicted octanol–water partition coefficient (Wildman–Crippen LogP) is 2.24. The Kier molecular flexibility index (Phi) is 7.24. The van der Waals surface area contributed by atoms with Crippen LogP contribution in [0.1, 0.15) is 24.0 Å². The van der Waals surface area contributed by atoms with Gasteiger partial charge >= 0.3 is 6.03 Å². The van der Waals surface area contributed by atoms with Gasteiger partial charge in [-0.25, -0.2) is 4.79 Å².